The van der Waals surface area contributed by atoms with Crippen LogP contribution in [0.15, 0.2) is 52.3 Å². The molecule has 0 saturated carbocycles. The molecule has 2 aromatic carbocycles. The lowest BCUT2D eigenvalue weighted by atomic mass is 10.1. The van der Waals surface area contributed by atoms with Crippen molar-refractivity contribution in [1.29, 1.82) is 0 Å². The van der Waals surface area contributed by atoms with Crippen LogP contribution in [0.3, 0.4) is 0 Å². The Morgan fingerprint density at radius 3 is 2.38 bits per heavy atom. The fourth-order valence-electron chi connectivity index (χ4n) is 3.99. The third kappa shape index (κ3) is 6.04. The first-order valence-electron chi connectivity index (χ1n) is 10.3. The van der Waals surface area contributed by atoms with Gasteiger partial charge in [0, 0.05) is 42.5 Å². The monoisotopic (exact) mass is 509 g/mol. The molecular formula is C22H28Cl2F3N3OS. The van der Waals surface area contributed by atoms with Gasteiger partial charge in [0.1, 0.15) is 0 Å². The molecule has 0 radical (unpaired) electrons. The van der Waals surface area contributed by atoms with E-state index in [0.29, 0.717) is 12.2 Å². The molecule has 0 aromatic heterocycles. The molecule has 0 aliphatic carbocycles. The molecule has 4 nitrogen and oxygen atoms in total. The topological polar surface area (TPSA) is 19.0 Å². The van der Waals surface area contributed by atoms with E-state index >= 15 is 0 Å². The van der Waals surface area contributed by atoms with E-state index in [1.165, 1.54) is 23.9 Å². The third-order valence-electron chi connectivity index (χ3n) is 5.50. The molecular weight excluding hydrogens is 482 g/mol. The number of rotatable bonds is 6. The van der Waals surface area contributed by atoms with Crippen LogP contribution in [0.25, 0.3) is 0 Å². The first kappa shape index (κ1) is 27.1. The van der Waals surface area contributed by atoms with Crippen molar-refractivity contribution < 1.29 is 17.9 Å². The lowest BCUT2D eigenvalue weighted by molar-refractivity contribution is -0.137. The smallest absolute Gasteiger partial charge is 0.379 e. The first-order valence-corrected chi connectivity index (χ1v) is 11.1. The van der Waals surface area contributed by atoms with E-state index in [1.54, 1.807) is 6.07 Å². The highest BCUT2D eigenvalue weighted by Gasteiger charge is 2.33. The van der Waals surface area contributed by atoms with Crippen molar-refractivity contribution in [1.82, 2.24) is 10.0 Å². The fraction of sp³-hybridized carbons (Fsp3) is 0.455. The maximum Gasteiger partial charge on any atom is 0.416 e. The molecule has 0 spiro atoms. The highest BCUT2D eigenvalue weighted by Crippen LogP contribution is 2.49. The molecule has 32 heavy (non-hydrogen) atoms. The molecule has 2 aliphatic rings. The summed E-state index contributed by atoms with van der Waals surface area (Å²) < 4.78 is 45.5. The van der Waals surface area contributed by atoms with Crippen molar-refractivity contribution in [2.24, 2.45) is 0 Å². The summed E-state index contributed by atoms with van der Waals surface area (Å²) >= 11 is 1.53. The van der Waals surface area contributed by atoms with Gasteiger partial charge in [0.15, 0.2) is 0 Å². The van der Waals surface area contributed by atoms with Gasteiger partial charge in [-0.1, -0.05) is 30.8 Å². The summed E-state index contributed by atoms with van der Waals surface area (Å²) in [5.41, 5.74) is 1.02. The predicted octanol–water partition coefficient (Wildman–Crippen LogP) is 6.11. The zero-order chi connectivity index (χ0) is 21.1. The number of alkyl halides is 3. The molecule has 2 aliphatic heterocycles. The highest BCUT2D eigenvalue weighted by atomic mass is 35.5. The molecule has 0 amide bonds. The van der Waals surface area contributed by atoms with E-state index in [0.717, 1.165) is 61.3 Å². The van der Waals surface area contributed by atoms with Gasteiger partial charge in [0.25, 0.3) is 0 Å². The van der Waals surface area contributed by atoms with Gasteiger partial charge in [-0.05, 0) is 36.8 Å². The van der Waals surface area contributed by atoms with Crippen LogP contribution in [0, 0.1) is 0 Å². The molecule has 1 saturated heterocycles. The zero-order valence-corrected chi connectivity index (χ0v) is 20.3. The van der Waals surface area contributed by atoms with Crippen LogP contribution in [-0.4, -0.2) is 56.0 Å². The van der Waals surface area contributed by atoms with E-state index < -0.39 is 11.7 Å². The molecule has 10 heteroatoms. The van der Waals surface area contributed by atoms with Gasteiger partial charge in [-0.15, -0.1) is 24.8 Å². The number of nitrogens with zero attached hydrogens (tertiary/aromatic N) is 3. The lowest BCUT2D eigenvalue weighted by Gasteiger charge is -2.38. The van der Waals surface area contributed by atoms with Crippen LogP contribution in [-0.2, 0) is 10.9 Å². The van der Waals surface area contributed by atoms with Crippen LogP contribution >= 0.6 is 36.6 Å². The van der Waals surface area contributed by atoms with Gasteiger partial charge >= 0.3 is 6.18 Å². The molecule has 2 heterocycles. The van der Waals surface area contributed by atoms with E-state index in [1.807, 2.05) is 29.2 Å². The molecule has 4 rings (SSSR count). The number of fused-ring (bicyclic) bond motifs is 2. The van der Waals surface area contributed by atoms with Gasteiger partial charge in [-0.25, -0.2) is 10.0 Å². The zero-order valence-electron chi connectivity index (χ0n) is 17.8. The van der Waals surface area contributed by atoms with Crippen molar-refractivity contribution in [3.05, 3.63) is 48.0 Å². The summed E-state index contributed by atoms with van der Waals surface area (Å²) in [7, 11) is 0. The maximum atomic E-state index is 13.3. The minimum Gasteiger partial charge on any atom is -0.379 e. The van der Waals surface area contributed by atoms with Gasteiger partial charge < -0.3 is 9.64 Å². The Kier molecular flexibility index (Phi) is 10.00. The normalized spacial score (nSPS) is 16.1. The van der Waals surface area contributed by atoms with E-state index in [9.17, 15) is 13.2 Å². The Labute approximate surface area is 203 Å². The molecule has 1 fully saturated rings. The predicted molar refractivity (Wildman–Crippen MR) is 128 cm³/mol. The summed E-state index contributed by atoms with van der Waals surface area (Å²) in [5, 5.41) is 4.64. The summed E-state index contributed by atoms with van der Waals surface area (Å²) in [6.45, 7) is 7.79. The maximum absolute atomic E-state index is 13.3. The van der Waals surface area contributed by atoms with Gasteiger partial charge in [0.05, 0.1) is 30.2 Å². The van der Waals surface area contributed by atoms with Crippen LogP contribution in [0.2, 0.25) is 0 Å². The summed E-state index contributed by atoms with van der Waals surface area (Å²) in [6.07, 6.45) is -3.50. The Hall–Kier alpha value is -1.16. The minimum absolute atomic E-state index is 0. The molecule has 0 bridgehead atoms. The standard InChI is InChI=1S/C22H26F3N3OS.2ClH/c1-2-26(27-12-14-29-15-13-27)10-5-11-28-18-6-3-4-7-20(18)30-21-9-8-17(16-19(21)28)22(23,24)25;;/h3-4,6-9,16H,2,5,10-15H2,1H3;2*1H. The Morgan fingerprint density at radius 2 is 1.69 bits per heavy atom. The average Bonchev–Trinajstić information content (AvgIpc) is 2.75. The summed E-state index contributed by atoms with van der Waals surface area (Å²) in [5.74, 6) is 0. The highest BCUT2D eigenvalue weighted by molar-refractivity contribution is 7.99. The molecule has 0 unspecified atom stereocenters. The quantitative estimate of drug-likeness (QED) is 0.466. The summed E-state index contributed by atoms with van der Waals surface area (Å²) in [4.78, 5) is 3.98. The van der Waals surface area contributed by atoms with Crippen molar-refractivity contribution in [2.75, 3.05) is 50.8 Å². The number of benzene rings is 2. The molecule has 2 aromatic rings. The third-order valence-corrected chi connectivity index (χ3v) is 6.63. The number of ether oxygens (including phenoxy) is 1. The fourth-order valence-corrected chi connectivity index (χ4v) is 5.07. The van der Waals surface area contributed by atoms with Crippen LogP contribution in [0.1, 0.15) is 18.9 Å². The largest absolute Gasteiger partial charge is 0.416 e. The van der Waals surface area contributed by atoms with Gasteiger partial charge in [-0.3, -0.25) is 0 Å². The Balaban J connectivity index is 0.00000181. The average molecular weight is 510 g/mol. The number of para-hydroxylation sites is 1. The number of hydrogen-bond acceptors (Lipinski definition) is 5. The number of anilines is 2. The van der Waals surface area contributed by atoms with Crippen molar-refractivity contribution in [3.63, 3.8) is 0 Å². The van der Waals surface area contributed by atoms with Crippen LogP contribution in [0.5, 0.6) is 0 Å². The van der Waals surface area contributed by atoms with Crippen molar-refractivity contribution in [3.8, 4) is 0 Å². The van der Waals surface area contributed by atoms with Crippen LogP contribution < -0.4 is 4.90 Å². The molecule has 0 N–H and O–H groups in total. The first-order chi connectivity index (χ1) is 14.5. The van der Waals surface area contributed by atoms with E-state index in [4.69, 9.17) is 4.74 Å². The van der Waals surface area contributed by atoms with Crippen molar-refractivity contribution >= 4 is 48.0 Å². The number of morpholine rings is 1. The van der Waals surface area contributed by atoms with Gasteiger partial charge in [-0.2, -0.15) is 13.2 Å². The minimum atomic E-state index is -4.35. The van der Waals surface area contributed by atoms with Gasteiger partial charge in [0.2, 0.25) is 0 Å². The number of hydrazine groups is 1. The molecule has 0 atom stereocenters. The molecule has 178 valence electrons. The second-order valence-corrected chi connectivity index (χ2v) is 8.45. The number of hydrogen-bond donors (Lipinski definition) is 0. The Morgan fingerprint density at radius 1 is 1.00 bits per heavy atom. The van der Waals surface area contributed by atoms with E-state index in [-0.39, 0.29) is 24.8 Å². The Bertz CT molecular complexity index is 882. The summed E-state index contributed by atoms with van der Waals surface area (Å²) in [6, 6.07) is 12.0. The van der Waals surface area contributed by atoms with Crippen molar-refractivity contribution in [2.45, 2.75) is 29.3 Å². The number of halogens is 5. The van der Waals surface area contributed by atoms with E-state index in [2.05, 4.69) is 16.9 Å². The SMILES string of the molecule is CCN(CCCN1c2ccccc2Sc2ccc(C(F)(F)F)cc21)N1CCOCC1.Cl.Cl. The second kappa shape index (κ2) is 11.8. The second-order valence-electron chi connectivity index (χ2n) is 7.37. The lowest BCUT2D eigenvalue weighted by Crippen LogP contribution is -2.49. The van der Waals surface area contributed by atoms with Crippen LogP contribution in [0.4, 0.5) is 24.5 Å².